The maximum atomic E-state index is 14.1. The number of amides is 4. The fourth-order valence-electron chi connectivity index (χ4n) is 6.94. The lowest BCUT2D eigenvalue weighted by molar-refractivity contribution is -0.148. The number of likely N-dealkylation sites (tertiary alicyclic amines) is 1. The fourth-order valence-corrected chi connectivity index (χ4v) is 6.94. The molecule has 51 heavy (non-hydrogen) atoms. The van der Waals surface area contributed by atoms with Gasteiger partial charge in [-0.2, -0.15) is 0 Å². The van der Waals surface area contributed by atoms with Crippen molar-refractivity contribution in [1.29, 1.82) is 0 Å². The lowest BCUT2D eigenvalue weighted by atomic mass is 9.89. The molecule has 13 heteroatoms. The van der Waals surface area contributed by atoms with Crippen LogP contribution in [0.4, 0.5) is 0 Å². The molecule has 9 atom stereocenters. The van der Waals surface area contributed by atoms with E-state index in [9.17, 15) is 29.1 Å². The minimum Gasteiger partial charge on any atom is -0.480 e. The van der Waals surface area contributed by atoms with Gasteiger partial charge in [0.2, 0.25) is 23.6 Å². The van der Waals surface area contributed by atoms with E-state index in [4.69, 9.17) is 15.2 Å². The minimum atomic E-state index is -1.14. The van der Waals surface area contributed by atoms with Crippen molar-refractivity contribution in [2.24, 2.45) is 29.4 Å². The van der Waals surface area contributed by atoms with Gasteiger partial charge in [0.25, 0.3) is 0 Å². The molecule has 0 unspecified atom stereocenters. The van der Waals surface area contributed by atoms with Crippen LogP contribution in [0.25, 0.3) is 0 Å². The van der Waals surface area contributed by atoms with Crippen molar-refractivity contribution in [2.45, 2.75) is 123 Å². The first kappa shape index (κ1) is 43.6. The van der Waals surface area contributed by atoms with Crippen LogP contribution in [-0.2, 0) is 39.9 Å². The molecule has 13 nitrogen and oxygen atoms in total. The highest BCUT2D eigenvalue weighted by Crippen LogP contribution is 2.29. The molecule has 0 saturated carbocycles. The number of aliphatic carboxylic acids is 1. The van der Waals surface area contributed by atoms with E-state index >= 15 is 0 Å². The monoisotopic (exact) mass is 717 g/mol. The van der Waals surface area contributed by atoms with Crippen molar-refractivity contribution >= 4 is 29.6 Å². The highest BCUT2D eigenvalue weighted by Gasteiger charge is 2.43. The Morgan fingerprint density at radius 2 is 1.59 bits per heavy atom. The Bertz CT molecular complexity index is 1290. The van der Waals surface area contributed by atoms with Crippen molar-refractivity contribution in [3.8, 4) is 0 Å². The van der Waals surface area contributed by atoms with Gasteiger partial charge >= 0.3 is 5.97 Å². The number of hydrogen-bond donors (Lipinski definition) is 4. The number of methoxy groups -OCH3 is 2. The molecule has 0 aliphatic carbocycles. The zero-order chi connectivity index (χ0) is 38.6. The van der Waals surface area contributed by atoms with Crippen LogP contribution in [0.2, 0.25) is 0 Å². The Balaban J connectivity index is 2.25. The second kappa shape index (κ2) is 20.5. The van der Waals surface area contributed by atoms with E-state index in [0.717, 1.165) is 5.56 Å². The number of rotatable bonds is 20. The van der Waals surface area contributed by atoms with Crippen LogP contribution >= 0.6 is 0 Å². The maximum Gasteiger partial charge on any atom is 0.326 e. The molecule has 2 rings (SSSR count). The number of carboxylic acid groups (broad SMARTS) is 1. The van der Waals surface area contributed by atoms with Crippen LogP contribution in [-0.4, -0.2) is 115 Å². The molecule has 1 aliphatic rings. The maximum absolute atomic E-state index is 14.1. The van der Waals surface area contributed by atoms with Gasteiger partial charge in [-0.25, -0.2) is 4.79 Å². The molecule has 0 radical (unpaired) electrons. The van der Waals surface area contributed by atoms with Crippen LogP contribution in [0, 0.1) is 23.7 Å². The van der Waals surface area contributed by atoms with Crippen molar-refractivity contribution in [1.82, 2.24) is 20.4 Å². The zero-order valence-corrected chi connectivity index (χ0v) is 32.3. The predicted molar refractivity (Wildman–Crippen MR) is 195 cm³/mol. The SMILES string of the molecule is CC[C@H](C)[C@@H]([C@H](CC(=O)N1CCC[C@H]1[C@H](OC)[C@H](C)C(=O)N[C@@H](Cc1ccccc1)C(=O)O)OC)N(C)C(=O)[C@@H](NC(=O)[C@@H](N)C(C)C)C(C)C. The van der Waals surface area contributed by atoms with E-state index in [1.807, 2.05) is 71.9 Å². The number of nitrogens with zero attached hydrogens (tertiary/aromatic N) is 2. The number of nitrogens with two attached hydrogens (primary N) is 1. The van der Waals surface area contributed by atoms with E-state index in [1.54, 1.807) is 23.8 Å². The van der Waals surface area contributed by atoms with E-state index in [1.165, 1.54) is 14.2 Å². The molecular weight excluding hydrogens is 654 g/mol. The number of likely N-dealkylation sites (N-methyl/N-ethyl adjacent to an activating group) is 1. The fraction of sp³-hybridized carbons (Fsp3) is 0.711. The number of carbonyl (C=O) groups excluding carboxylic acids is 4. The van der Waals surface area contributed by atoms with Crippen LogP contribution in [0.15, 0.2) is 30.3 Å². The molecule has 0 aromatic heterocycles. The first-order valence-electron chi connectivity index (χ1n) is 18.2. The summed E-state index contributed by atoms with van der Waals surface area (Å²) in [6.07, 6.45) is 0.766. The summed E-state index contributed by atoms with van der Waals surface area (Å²) in [6.45, 7) is 13.6. The van der Waals surface area contributed by atoms with Crippen molar-refractivity contribution < 1.29 is 38.6 Å². The third kappa shape index (κ3) is 11.7. The molecule has 0 spiro atoms. The number of benzene rings is 1. The van der Waals surface area contributed by atoms with E-state index in [2.05, 4.69) is 10.6 Å². The van der Waals surface area contributed by atoms with Crippen molar-refractivity contribution in [3.63, 3.8) is 0 Å². The predicted octanol–water partition coefficient (Wildman–Crippen LogP) is 2.84. The molecule has 5 N–H and O–H groups in total. The Labute approximate surface area is 304 Å². The van der Waals surface area contributed by atoms with Gasteiger partial charge in [-0.1, -0.05) is 85.2 Å². The standard InChI is InChI=1S/C38H63N5O8/c1-11-24(6)33(42(8)37(47)32(23(4)5)41-36(46)31(39)22(2)3)29(50-9)21-30(44)43-19-15-18-28(43)34(51-10)25(7)35(45)40-27(38(48)49)20-26-16-13-12-14-17-26/h12-14,16-17,22-25,27-29,31-34H,11,15,18-21,39H2,1-10H3,(H,40,45)(H,41,46)(H,48,49)/t24-,25-,27-,28-,29-,31-,32-,33-,34+/m0/s1. The first-order chi connectivity index (χ1) is 24.0. The lowest BCUT2D eigenvalue weighted by Crippen LogP contribution is -2.59. The quantitative estimate of drug-likeness (QED) is 0.158. The van der Waals surface area contributed by atoms with Crippen molar-refractivity contribution in [2.75, 3.05) is 27.8 Å². The van der Waals surface area contributed by atoms with Gasteiger partial charge in [0, 0.05) is 34.2 Å². The van der Waals surface area contributed by atoms with E-state index < -0.39 is 66.1 Å². The molecule has 4 amide bonds. The van der Waals surface area contributed by atoms with Gasteiger partial charge in [-0.05, 0) is 36.2 Å². The highest BCUT2D eigenvalue weighted by molar-refractivity contribution is 5.90. The molecule has 1 aromatic carbocycles. The van der Waals surface area contributed by atoms with Gasteiger partial charge in [0.05, 0.1) is 42.7 Å². The molecule has 1 heterocycles. The summed E-state index contributed by atoms with van der Waals surface area (Å²) >= 11 is 0. The summed E-state index contributed by atoms with van der Waals surface area (Å²) in [5.74, 6) is -3.63. The summed E-state index contributed by atoms with van der Waals surface area (Å²) in [4.78, 5) is 69.8. The smallest absolute Gasteiger partial charge is 0.326 e. The molecule has 1 fully saturated rings. The lowest BCUT2D eigenvalue weighted by Gasteiger charge is -2.41. The van der Waals surface area contributed by atoms with Crippen LogP contribution in [0.5, 0.6) is 0 Å². The first-order valence-corrected chi connectivity index (χ1v) is 18.2. The average molecular weight is 718 g/mol. The van der Waals surface area contributed by atoms with Gasteiger partial charge in [0.15, 0.2) is 0 Å². The van der Waals surface area contributed by atoms with Gasteiger partial charge < -0.3 is 40.7 Å². The second-order valence-corrected chi connectivity index (χ2v) is 14.7. The van der Waals surface area contributed by atoms with Crippen molar-refractivity contribution in [3.05, 3.63) is 35.9 Å². The van der Waals surface area contributed by atoms with Crippen LogP contribution in [0.3, 0.4) is 0 Å². The summed E-state index contributed by atoms with van der Waals surface area (Å²) < 4.78 is 11.8. The number of nitrogens with one attached hydrogen (secondary N) is 2. The zero-order valence-electron chi connectivity index (χ0n) is 32.3. The molecule has 0 bridgehead atoms. The summed E-state index contributed by atoms with van der Waals surface area (Å²) in [5, 5.41) is 15.4. The number of hydrogen-bond acceptors (Lipinski definition) is 8. The van der Waals surface area contributed by atoms with E-state index in [0.29, 0.717) is 25.8 Å². The Morgan fingerprint density at radius 3 is 2.10 bits per heavy atom. The summed E-state index contributed by atoms with van der Waals surface area (Å²) in [6, 6.07) is 5.45. The molecular formula is C38H63N5O8. The van der Waals surface area contributed by atoms with Gasteiger partial charge in [-0.15, -0.1) is 0 Å². The Kier molecular flexibility index (Phi) is 17.5. The average Bonchev–Trinajstić information content (AvgIpc) is 3.59. The largest absolute Gasteiger partial charge is 0.480 e. The Morgan fingerprint density at radius 1 is 0.961 bits per heavy atom. The minimum absolute atomic E-state index is 0.0221. The number of carboxylic acids is 1. The topological polar surface area (TPSA) is 181 Å². The molecule has 288 valence electrons. The summed E-state index contributed by atoms with van der Waals surface area (Å²) in [7, 11) is 4.69. The third-order valence-electron chi connectivity index (χ3n) is 10.4. The van der Waals surface area contributed by atoms with Gasteiger partial charge in [0.1, 0.15) is 12.1 Å². The molecule has 1 saturated heterocycles. The number of carbonyl (C=O) groups is 5. The van der Waals surface area contributed by atoms with E-state index in [-0.39, 0.29) is 42.4 Å². The van der Waals surface area contributed by atoms with Crippen LogP contribution < -0.4 is 16.4 Å². The van der Waals surface area contributed by atoms with Gasteiger partial charge in [-0.3, -0.25) is 19.2 Å². The second-order valence-electron chi connectivity index (χ2n) is 14.7. The third-order valence-corrected chi connectivity index (χ3v) is 10.4. The Hall–Kier alpha value is -3.55. The molecule has 1 aliphatic heterocycles. The van der Waals surface area contributed by atoms with Crippen LogP contribution in [0.1, 0.15) is 79.7 Å². The number of ether oxygens (including phenoxy) is 2. The normalized spacial score (nSPS) is 19.4. The summed E-state index contributed by atoms with van der Waals surface area (Å²) in [5.41, 5.74) is 6.87. The highest BCUT2D eigenvalue weighted by atomic mass is 16.5. The molecule has 1 aromatic rings.